The smallest absolute Gasteiger partial charge is 0.325 e. The Hall–Kier alpha value is -2.65. The van der Waals surface area contributed by atoms with Crippen LogP contribution in [0.1, 0.15) is 44.0 Å². The molecule has 2 saturated heterocycles. The standard InChI is InChI=1S/C25H31F2N5O2/c1-23(26,27)21-29-12-20(13-30-21)31-17-24(32(22(31)33)14-18-15-34-16-18)8-10-25(28-2,11-9-24)19-6-4-3-5-7-19/h3-7,12-13,18,28H,8-11,14-17H2,1-2H3. The minimum Gasteiger partial charge on any atom is -0.381 e. The van der Waals surface area contributed by atoms with E-state index in [-0.39, 0.29) is 17.1 Å². The van der Waals surface area contributed by atoms with Crippen molar-refractivity contribution >= 4 is 11.7 Å². The summed E-state index contributed by atoms with van der Waals surface area (Å²) in [7, 11) is 2.00. The number of anilines is 1. The quantitative estimate of drug-likeness (QED) is 0.692. The Morgan fingerprint density at radius 1 is 1.12 bits per heavy atom. The number of carbonyl (C=O) groups excluding carboxylic acids is 1. The molecule has 5 rings (SSSR count). The van der Waals surface area contributed by atoms with E-state index < -0.39 is 11.7 Å². The Morgan fingerprint density at radius 3 is 2.29 bits per heavy atom. The van der Waals surface area contributed by atoms with Crippen LogP contribution in [0.25, 0.3) is 0 Å². The molecule has 3 heterocycles. The number of hydrogen-bond acceptors (Lipinski definition) is 5. The molecule has 7 nitrogen and oxygen atoms in total. The van der Waals surface area contributed by atoms with Crippen molar-refractivity contribution < 1.29 is 18.3 Å². The Kier molecular flexibility index (Phi) is 5.80. The molecule has 1 aromatic carbocycles. The lowest BCUT2D eigenvalue weighted by Crippen LogP contribution is -2.57. The number of ether oxygens (including phenoxy) is 1. The fraction of sp³-hybridized carbons (Fsp3) is 0.560. The summed E-state index contributed by atoms with van der Waals surface area (Å²) < 4.78 is 32.6. The molecular weight excluding hydrogens is 440 g/mol. The van der Waals surface area contributed by atoms with Crippen LogP contribution in [-0.4, -0.2) is 59.8 Å². The van der Waals surface area contributed by atoms with Gasteiger partial charge in [0.2, 0.25) is 0 Å². The molecule has 3 aliphatic rings. The number of nitrogens with zero attached hydrogens (tertiary/aromatic N) is 4. The molecule has 1 spiro atoms. The van der Waals surface area contributed by atoms with E-state index in [9.17, 15) is 13.6 Å². The second-order valence-electron chi connectivity index (χ2n) is 9.96. The number of aromatic nitrogens is 2. The molecular formula is C25H31F2N5O2. The van der Waals surface area contributed by atoms with Crippen LogP contribution in [0.15, 0.2) is 42.7 Å². The third kappa shape index (κ3) is 3.94. The fourth-order valence-electron chi connectivity index (χ4n) is 5.62. The van der Waals surface area contributed by atoms with Crippen molar-refractivity contribution in [2.75, 3.05) is 38.3 Å². The summed E-state index contributed by atoms with van der Waals surface area (Å²) in [5, 5.41) is 3.56. The first kappa shape index (κ1) is 23.1. The lowest BCUT2D eigenvalue weighted by Gasteiger charge is -2.49. The molecule has 3 fully saturated rings. The van der Waals surface area contributed by atoms with E-state index in [0.717, 1.165) is 32.6 Å². The first-order valence-electron chi connectivity index (χ1n) is 11.9. The van der Waals surface area contributed by atoms with Gasteiger partial charge in [0.1, 0.15) is 0 Å². The Balaban J connectivity index is 1.42. The second-order valence-corrected chi connectivity index (χ2v) is 9.96. The predicted octanol–water partition coefficient (Wildman–Crippen LogP) is 3.90. The van der Waals surface area contributed by atoms with Gasteiger partial charge in [0.15, 0.2) is 5.82 Å². The Bertz CT molecular complexity index is 1020. The maximum absolute atomic E-state index is 13.6. The van der Waals surface area contributed by atoms with Crippen LogP contribution in [0.5, 0.6) is 0 Å². The number of carbonyl (C=O) groups is 1. The molecule has 2 aliphatic heterocycles. The van der Waals surface area contributed by atoms with Crippen LogP contribution in [-0.2, 0) is 16.2 Å². The van der Waals surface area contributed by atoms with Crippen molar-refractivity contribution in [2.45, 2.75) is 49.6 Å². The fourth-order valence-corrected chi connectivity index (χ4v) is 5.62. The van der Waals surface area contributed by atoms with Gasteiger partial charge in [0.25, 0.3) is 0 Å². The van der Waals surface area contributed by atoms with E-state index in [4.69, 9.17) is 4.74 Å². The summed E-state index contributed by atoms with van der Waals surface area (Å²) in [5.74, 6) is -3.34. The molecule has 1 aromatic heterocycles. The monoisotopic (exact) mass is 471 g/mol. The first-order chi connectivity index (χ1) is 16.3. The van der Waals surface area contributed by atoms with E-state index in [2.05, 4.69) is 39.6 Å². The SMILES string of the molecule is CNC1(c2ccccc2)CCC2(CC1)CN(c1cnc(C(C)(F)F)nc1)C(=O)N2CC1COC1. The molecule has 0 bridgehead atoms. The summed E-state index contributed by atoms with van der Waals surface area (Å²) in [5.41, 5.74) is 1.26. The zero-order valence-corrected chi connectivity index (χ0v) is 19.6. The van der Waals surface area contributed by atoms with Crippen molar-refractivity contribution in [3.8, 4) is 0 Å². The van der Waals surface area contributed by atoms with Gasteiger partial charge in [-0.25, -0.2) is 14.8 Å². The van der Waals surface area contributed by atoms with E-state index >= 15 is 0 Å². The molecule has 2 amide bonds. The van der Waals surface area contributed by atoms with E-state index in [1.54, 1.807) is 4.90 Å². The van der Waals surface area contributed by atoms with E-state index in [1.807, 2.05) is 18.0 Å². The minimum absolute atomic E-state index is 0.108. The van der Waals surface area contributed by atoms with Crippen LogP contribution < -0.4 is 10.2 Å². The summed E-state index contributed by atoms with van der Waals surface area (Å²) >= 11 is 0. The average Bonchev–Trinajstić information content (AvgIpc) is 3.08. The highest BCUT2D eigenvalue weighted by Gasteiger charge is 2.54. The van der Waals surface area contributed by atoms with Crippen LogP contribution in [0.4, 0.5) is 19.3 Å². The zero-order chi connectivity index (χ0) is 24.0. The Morgan fingerprint density at radius 2 is 1.76 bits per heavy atom. The number of alkyl halides is 2. The van der Waals surface area contributed by atoms with Gasteiger partial charge in [-0.1, -0.05) is 30.3 Å². The summed E-state index contributed by atoms with van der Waals surface area (Å²) in [6.45, 7) is 3.23. The highest BCUT2D eigenvalue weighted by Crippen LogP contribution is 2.47. The number of halogens is 2. The Labute approximate surface area is 198 Å². The van der Waals surface area contributed by atoms with Crippen molar-refractivity contribution in [1.82, 2.24) is 20.2 Å². The lowest BCUT2D eigenvalue weighted by atomic mass is 9.69. The molecule has 1 saturated carbocycles. The average molecular weight is 472 g/mol. The number of hydrogen-bond donors (Lipinski definition) is 1. The van der Waals surface area contributed by atoms with Gasteiger partial charge in [-0.05, 0) is 38.3 Å². The number of amides is 2. The minimum atomic E-state index is -3.12. The van der Waals surface area contributed by atoms with Crippen molar-refractivity contribution in [1.29, 1.82) is 0 Å². The summed E-state index contributed by atoms with van der Waals surface area (Å²) in [6, 6.07) is 10.4. The van der Waals surface area contributed by atoms with Gasteiger partial charge in [0.05, 0.1) is 43.4 Å². The highest BCUT2D eigenvalue weighted by atomic mass is 19.3. The second kappa shape index (κ2) is 8.53. The van der Waals surface area contributed by atoms with Gasteiger partial charge in [-0.2, -0.15) is 8.78 Å². The topological polar surface area (TPSA) is 70.6 Å². The zero-order valence-electron chi connectivity index (χ0n) is 19.6. The molecule has 34 heavy (non-hydrogen) atoms. The molecule has 9 heteroatoms. The summed E-state index contributed by atoms with van der Waals surface area (Å²) in [4.78, 5) is 25.0. The molecule has 0 radical (unpaired) electrons. The van der Waals surface area contributed by atoms with Gasteiger partial charge >= 0.3 is 12.0 Å². The normalized spacial score (nSPS) is 27.9. The van der Waals surface area contributed by atoms with Crippen molar-refractivity contribution in [2.24, 2.45) is 5.92 Å². The van der Waals surface area contributed by atoms with Crippen LogP contribution >= 0.6 is 0 Å². The third-order valence-electron chi connectivity index (χ3n) is 7.82. The van der Waals surface area contributed by atoms with Crippen LogP contribution in [0.2, 0.25) is 0 Å². The molecule has 2 aromatic rings. The van der Waals surface area contributed by atoms with Crippen molar-refractivity contribution in [3.05, 3.63) is 54.1 Å². The van der Waals surface area contributed by atoms with Crippen LogP contribution in [0, 0.1) is 5.92 Å². The van der Waals surface area contributed by atoms with Gasteiger partial charge in [-0.3, -0.25) is 4.90 Å². The van der Waals surface area contributed by atoms with E-state index in [1.165, 1.54) is 18.0 Å². The maximum Gasteiger partial charge on any atom is 0.325 e. The molecule has 0 atom stereocenters. The molecule has 1 aliphatic carbocycles. The maximum atomic E-state index is 13.6. The van der Waals surface area contributed by atoms with Crippen LogP contribution in [0.3, 0.4) is 0 Å². The highest BCUT2D eigenvalue weighted by molar-refractivity contribution is 5.95. The van der Waals surface area contributed by atoms with Gasteiger partial charge in [0, 0.05) is 24.9 Å². The lowest BCUT2D eigenvalue weighted by molar-refractivity contribution is -0.0537. The number of benzene rings is 1. The molecule has 0 unspecified atom stereocenters. The van der Waals surface area contributed by atoms with Gasteiger partial charge in [-0.15, -0.1) is 0 Å². The number of urea groups is 1. The van der Waals surface area contributed by atoms with Crippen molar-refractivity contribution in [3.63, 3.8) is 0 Å². The number of rotatable bonds is 6. The van der Waals surface area contributed by atoms with Gasteiger partial charge < -0.3 is 15.0 Å². The molecule has 182 valence electrons. The molecule has 1 N–H and O–H groups in total. The largest absolute Gasteiger partial charge is 0.381 e. The summed E-state index contributed by atoms with van der Waals surface area (Å²) in [6.07, 6.45) is 6.14. The first-order valence-corrected chi connectivity index (χ1v) is 11.9. The number of nitrogens with one attached hydrogen (secondary N) is 1. The van der Waals surface area contributed by atoms with E-state index in [0.29, 0.717) is 37.9 Å². The third-order valence-corrected chi connectivity index (χ3v) is 7.82. The predicted molar refractivity (Wildman–Crippen MR) is 124 cm³/mol.